The van der Waals surface area contributed by atoms with Crippen LogP contribution in [-0.4, -0.2) is 25.2 Å². The third-order valence-corrected chi connectivity index (χ3v) is 5.79. The highest BCUT2D eigenvalue weighted by Crippen LogP contribution is 2.34. The molecule has 1 N–H and O–H groups in total. The zero-order valence-corrected chi connectivity index (χ0v) is 15.1. The van der Waals surface area contributed by atoms with Crippen LogP contribution < -0.4 is 5.32 Å². The van der Waals surface area contributed by atoms with Gasteiger partial charge in [0, 0.05) is 23.4 Å². The van der Waals surface area contributed by atoms with Crippen LogP contribution in [0, 0.1) is 6.92 Å². The number of ether oxygens (including phenoxy) is 1. The van der Waals surface area contributed by atoms with Crippen molar-refractivity contribution in [2.24, 2.45) is 0 Å². The summed E-state index contributed by atoms with van der Waals surface area (Å²) in [7, 11) is 1.72. The Morgan fingerprint density at radius 1 is 1.40 bits per heavy atom. The standard InChI is InChI=1S/C14H19BrN2OS2/c1-4-10-9(2)19-14(17-10)13(16-7-8-18-3)11-5-6-12(15)20-11/h5-6,13,16H,4,7-8H2,1-3H3. The lowest BCUT2D eigenvalue weighted by atomic mass is 10.2. The third-order valence-electron chi connectivity index (χ3n) is 3.02. The molecule has 2 aromatic rings. The Balaban J connectivity index is 2.24. The number of hydrogen-bond acceptors (Lipinski definition) is 5. The minimum atomic E-state index is 0.158. The van der Waals surface area contributed by atoms with E-state index >= 15 is 0 Å². The molecule has 2 rings (SSSR count). The lowest BCUT2D eigenvalue weighted by molar-refractivity contribution is 0.197. The van der Waals surface area contributed by atoms with Gasteiger partial charge >= 0.3 is 0 Å². The average Bonchev–Trinajstić information content (AvgIpc) is 3.01. The van der Waals surface area contributed by atoms with Crippen LogP contribution in [0.15, 0.2) is 15.9 Å². The number of nitrogens with one attached hydrogen (secondary N) is 1. The highest BCUT2D eigenvalue weighted by atomic mass is 79.9. The normalized spacial score (nSPS) is 12.8. The van der Waals surface area contributed by atoms with E-state index in [4.69, 9.17) is 9.72 Å². The van der Waals surface area contributed by atoms with Gasteiger partial charge in [0.15, 0.2) is 0 Å². The van der Waals surface area contributed by atoms with Crippen LogP contribution in [0.2, 0.25) is 0 Å². The molecule has 1 atom stereocenters. The van der Waals surface area contributed by atoms with Crippen molar-refractivity contribution in [1.82, 2.24) is 10.3 Å². The molecule has 0 aliphatic heterocycles. The summed E-state index contributed by atoms with van der Waals surface area (Å²) >= 11 is 7.07. The molecule has 0 aliphatic rings. The number of thiazole rings is 1. The van der Waals surface area contributed by atoms with Crippen LogP contribution in [0.4, 0.5) is 0 Å². The van der Waals surface area contributed by atoms with Crippen molar-refractivity contribution < 1.29 is 4.74 Å². The summed E-state index contributed by atoms with van der Waals surface area (Å²) in [5, 5.41) is 4.69. The Labute approximate surface area is 136 Å². The number of methoxy groups -OCH3 is 1. The summed E-state index contributed by atoms with van der Waals surface area (Å²) in [5.74, 6) is 0. The SMILES string of the molecule is CCc1nc(C(NCCOC)c2ccc(Br)s2)sc1C. The van der Waals surface area contributed by atoms with E-state index in [9.17, 15) is 0 Å². The lowest BCUT2D eigenvalue weighted by Crippen LogP contribution is -2.25. The number of hydrogen-bond donors (Lipinski definition) is 1. The van der Waals surface area contributed by atoms with E-state index in [1.165, 1.54) is 15.4 Å². The van der Waals surface area contributed by atoms with Gasteiger partial charge in [0.1, 0.15) is 5.01 Å². The number of aryl methyl sites for hydroxylation is 2. The second-order valence-corrected chi connectivity index (χ2v) is 8.16. The van der Waals surface area contributed by atoms with Gasteiger partial charge in [-0.3, -0.25) is 0 Å². The zero-order valence-electron chi connectivity index (χ0n) is 11.9. The van der Waals surface area contributed by atoms with E-state index in [-0.39, 0.29) is 6.04 Å². The molecule has 0 amide bonds. The van der Waals surface area contributed by atoms with Gasteiger partial charge in [-0.25, -0.2) is 4.98 Å². The minimum absolute atomic E-state index is 0.158. The second-order valence-electron chi connectivity index (χ2n) is 4.43. The highest BCUT2D eigenvalue weighted by molar-refractivity contribution is 9.11. The van der Waals surface area contributed by atoms with E-state index < -0.39 is 0 Å². The maximum Gasteiger partial charge on any atom is 0.115 e. The van der Waals surface area contributed by atoms with E-state index in [2.05, 4.69) is 47.2 Å². The molecule has 20 heavy (non-hydrogen) atoms. The molecule has 6 heteroatoms. The summed E-state index contributed by atoms with van der Waals surface area (Å²) in [4.78, 5) is 7.40. The summed E-state index contributed by atoms with van der Waals surface area (Å²) in [6.45, 7) is 5.82. The molecular weight excluding hydrogens is 356 g/mol. The van der Waals surface area contributed by atoms with Crippen molar-refractivity contribution >= 4 is 38.6 Å². The Morgan fingerprint density at radius 2 is 2.20 bits per heavy atom. The maximum absolute atomic E-state index is 5.13. The highest BCUT2D eigenvalue weighted by Gasteiger charge is 2.20. The molecule has 0 saturated carbocycles. The van der Waals surface area contributed by atoms with Crippen molar-refractivity contribution in [1.29, 1.82) is 0 Å². The van der Waals surface area contributed by atoms with Crippen molar-refractivity contribution in [2.45, 2.75) is 26.3 Å². The first kappa shape index (κ1) is 16.1. The Bertz CT molecular complexity index is 553. The van der Waals surface area contributed by atoms with Gasteiger partial charge in [-0.1, -0.05) is 6.92 Å². The van der Waals surface area contributed by atoms with Crippen LogP contribution in [-0.2, 0) is 11.2 Å². The van der Waals surface area contributed by atoms with E-state index in [1.807, 2.05) is 0 Å². The van der Waals surface area contributed by atoms with Crippen molar-refractivity contribution in [2.75, 3.05) is 20.3 Å². The zero-order chi connectivity index (χ0) is 14.5. The smallest absolute Gasteiger partial charge is 0.115 e. The van der Waals surface area contributed by atoms with Crippen LogP contribution in [0.5, 0.6) is 0 Å². The topological polar surface area (TPSA) is 34.2 Å². The van der Waals surface area contributed by atoms with Crippen LogP contribution in [0.1, 0.15) is 33.4 Å². The van der Waals surface area contributed by atoms with E-state index in [0.29, 0.717) is 6.61 Å². The van der Waals surface area contributed by atoms with Crippen LogP contribution in [0.3, 0.4) is 0 Å². The van der Waals surface area contributed by atoms with Gasteiger partial charge < -0.3 is 10.1 Å². The quantitative estimate of drug-likeness (QED) is 0.738. The van der Waals surface area contributed by atoms with Gasteiger partial charge in [-0.2, -0.15) is 0 Å². The van der Waals surface area contributed by atoms with Gasteiger partial charge in [0.25, 0.3) is 0 Å². The van der Waals surface area contributed by atoms with Gasteiger partial charge in [-0.15, -0.1) is 22.7 Å². The van der Waals surface area contributed by atoms with Crippen molar-refractivity contribution in [3.8, 4) is 0 Å². The number of nitrogens with zero attached hydrogens (tertiary/aromatic N) is 1. The molecule has 0 fully saturated rings. The number of halogens is 1. The first-order valence-electron chi connectivity index (χ1n) is 6.59. The molecule has 2 aromatic heterocycles. The van der Waals surface area contributed by atoms with Crippen molar-refractivity contribution in [3.05, 3.63) is 36.4 Å². The van der Waals surface area contributed by atoms with E-state index in [1.54, 1.807) is 29.8 Å². The number of thiophene rings is 1. The fraction of sp³-hybridized carbons (Fsp3) is 0.500. The molecule has 0 bridgehead atoms. The second kappa shape index (κ2) is 7.66. The minimum Gasteiger partial charge on any atom is -0.383 e. The molecule has 0 aromatic carbocycles. The molecular formula is C14H19BrN2OS2. The predicted molar refractivity (Wildman–Crippen MR) is 90.0 cm³/mol. The molecule has 2 heterocycles. The molecule has 0 saturated heterocycles. The molecule has 1 unspecified atom stereocenters. The monoisotopic (exact) mass is 374 g/mol. The Hall–Kier alpha value is -0.270. The van der Waals surface area contributed by atoms with Crippen molar-refractivity contribution in [3.63, 3.8) is 0 Å². The van der Waals surface area contributed by atoms with Crippen LogP contribution >= 0.6 is 38.6 Å². The summed E-state index contributed by atoms with van der Waals surface area (Å²) in [6.07, 6.45) is 0.987. The van der Waals surface area contributed by atoms with Gasteiger partial charge in [0.2, 0.25) is 0 Å². The van der Waals surface area contributed by atoms with Crippen LogP contribution in [0.25, 0.3) is 0 Å². The van der Waals surface area contributed by atoms with E-state index in [0.717, 1.165) is 21.8 Å². The third kappa shape index (κ3) is 3.89. The first-order chi connectivity index (χ1) is 9.65. The first-order valence-corrected chi connectivity index (χ1v) is 9.02. The summed E-state index contributed by atoms with van der Waals surface area (Å²) in [6, 6.07) is 4.40. The fourth-order valence-electron chi connectivity index (χ4n) is 2.00. The predicted octanol–water partition coefficient (Wildman–Crippen LogP) is 4.16. The van der Waals surface area contributed by atoms with Gasteiger partial charge in [0.05, 0.1) is 22.1 Å². The molecule has 0 aliphatic carbocycles. The molecule has 0 radical (unpaired) electrons. The Morgan fingerprint density at radius 3 is 2.75 bits per heavy atom. The maximum atomic E-state index is 5.13. The summed E-state index contributed by atoms with van der Waals surface area (Å²) in [5.41, 5.74) is 1.21. The average molecular weight is 375 g/mol. The number of rotatable bonds is 7. The molecule has 110 valence electrons. The Kier molecular flexibility index (Phi) is 6.17. The lowest BCUT2D eigenvalue weighted by Gasteiger charge is -2.14. The number of aromatic nitrogens is 1. The molecule has 0 spiro atoms. The molecule has 3 nitrogen and oxygen atoms in total. The fourth-order valence-corrected chi connectivity index (χ4v) is 4.68. The van der Waals surface area contributed by atoms with Gasteiger partial charge in [-0.05, 0) is 41.4 Å². The largest absolute Gasteiger partial charge is 0.383 e. The summed E-state index contributed by atoms with van der Waals surface area (Å²) < 4.78 is 6.28.